The molecule has 0 atom stereocenters. The summed E-state index contributed by atoms with van der Waals surface area (Å²) in [5.74, 6) is -0.832. The second kappa shape index (κ2) is 3.86. The van der Waals surface area contributed by atoms with E-state index in [-0.39, 0.29) is 6.54 Å². The average molecular weight is 222 g/mol. The van der Waals surface area contributed by atoms with E-state index in [9.17, 15) is 4.79 Å². The van der Waals surface area contributed by atoms with Crippen molar-refractivity contribution in [1.82, 2.24) is 4.98 Å². The van der Waals surface area contributed by atoms with Crippen LogP contribution < -0.4 is 4.90 Å². The minimum atomic E-state index is -0.832. The highest BCUT2D eigenvalue weighted by Gasteiger charge is 2.06. The first-order valence-corrected chi connectivity index (χ1v) is 5.31. The number of carboxylic acid groups (broad SMARTS) is 1. The van der Waals surface area contributed by atoms with E-state index in [2.05, 4.69) is 4.98 Å². The predicted octanol–water partition coefficient (Wildman–Crippen LogP) is 1.82. The molecule has 0 unspecified atom stereocenters. The van der Waals surface area contributed by atoms with Crippen LogP contribution in [0.25, 0.3) is 10.2 Å². The molecule has 1 N–H and O–H groups in total. The summed E-state index contributed by atoms with van der Waals surface area (Å²) in [4.78, 5) is 16.4. The Kier molecular flexibility index (Phi) is 2.55. The number of carbonyl (C=O) groups is 1. The Labute approximate surface area is 90.8 Å². The molecule has 0 amide bonds. The zero-order valence-electron chi connectivity index (χ0n) is 8.17. The summed E-state index contributed by atoms with van der Waals surface area (Å²) in [6.07, 6.45) is 0. The van der Waals surface area contributed by atoms with Crippen LogP contribution >= 0.6 is 11.3 Å². The standard InChI is InChI=1S/C10H10N2O2S/c1-12(5-10(13)14)7-2-3-8-9(4-7)15-6-11-8/h2-4,6H,5H2,1H3,(H,13,14). The molecule has 1 heterocycles. The van der Waals surface area contributed by atoms with Crippen LogP contribution in [0, 0.1) is 0 Å². The maximum atomic E-state index is 10.5. The van der Waals surface area contributed by atoms with Crippen molar-refractivity contribution in [2.75, 3.05) is 18.5 Å². The van der Waals surface area contributed by atoms with Gasteiger partial charge in [0.2, 0.25) is 0 Å². The van der Waals surface area contributed by atoms with Gasteiger partial charge in [0.15, 0.2) is 0 Å². The van der Waals surface area contributed by atoms with Gasteiger partial charge in [0.05, 0.1) is 15.7 Å². The Balaban J connectivity index is 2.30. The third kappa shape index (κ3) is 2.07. The first kappa shape index (κ1) is 9.92. The maximum Gasteiger partial charge on any atom is 0.323 e. The van der Waals surface area contributed by atoms with Gasteiger partial charge in [-0.1, -0.05) is 0 Å². The van der Waals surface area contributed by atoms with Crippen molar-refractivity contribution in [2.24, 2.45) is 0 Å². The molecule has 0 aliphatic carbocycles. The lowest BCUT2D eigenvalue weighted by Crippen LogP contribution is -2.24. The second-order valence-corrected chi connectivity index (χ2v) is 4.14. The van der Waals surface area contributed by atoms with Crippen molar-refractivity contribution in [3.63, 3.8) is 0 Å². The molecule has 0 radical (unpaired) electrons. The third-order valence-electron chi connectivity index (χ3n) is 2.13. The molecule has 0 fully saturated rings. The van der Waals surface area contributed by atoms with Gasteiger partial charge >= 0.3 is 5.97 Å². The fourth-order valence-corrected chi connectivity index (χ4v) is 2.09. The Morgan fingerprint density at radius 3 is 3.13 bits per heavy atom. The SMILES string of the molecule is CN(CC(=O)O)c1ccc2ncsc2c1. The summed E-state index contributed by atoms with van der Waals surface area (Å²) in [5.41, 5.74) is 3.63. The Hall–Kier alpha value is -1.62. The quantitative estimate of drug-likeness (QED) is 0.860. The van der Waals surface area contributed by atoms with Gasteiger partial charge in [-0.3, -0.25) is 4.79 Å². The molecule has 2 rings (SSSR count). The number of benzene rings is 1. The Bertz CT molecular complexity index is 495. The number of hydrogen-bond donors (Lipinski definition) is 1. The lowest BCUT2D eigenvalue weighted by molar-refractivity contribution is -0.135. The fourth-order valence-electron chi connectivity index (χ4n) is 1.38. The van der Waals surface area contributed by atoms with E-state index >= 15 is 0 Å². The monoisotopic (exact) mass is 222 g/mol. The third-order valence-corrected chi connectivity index (χ3v) is 2.92. The molecule has 78 valence electrons. The van der Waals surface area contributed by atoms with Gasteiger partial charge in [0.25, 0.3) is 0 Å². The molecule has 1 aromatic heterocycles. The van der Waals surface area contributed by atoms with E-state index < -0.39 is 5.97 Å². The summed E-state index contributed by atoms with van der Waals surface area (Å²) in [5, 5.41) is 8.67. The van der Waals surface area contributed by atoms with Gasteiger partial charge < -0.3 is 10.0 Å². The van der Waals surface area contributed by atoms with E-state index in [1.165, 1.54) is 0 Å². The molecular weight excluding hydrogens is 212 g/mol. The van der Waals surface area contributed by atoms with Gasteiger partial charge in [-0.2, -0.15) is 0 Å². The molecule has 0 saturated carbocycles. The average Bonchev–Trinajstić information content (AvgIpc) is 2.62. The van der Waals surface area contributed by atoms with E-state index in [0.717, 1.165) is 15.9 Å². The normalized spacial score (nSPS) is 10.5. The zero-order chi connectivity index (χ0) is 10.8. The van der Waals surface area contributed by atoms with E-state index in [4.69, 9.17) is 5.11 Å². The van der Waals surface area contributed by atoms with Crippen molar-refractivity contribution in [3.05, 3.63) is 23.7 Å². The van der Waals surface area contributed by atoms with E-state index in [0.29, 0.717) is 0 Å². The summed E-state index contributed by atoms with van der Waals surface area (Å²) in [7, 11) is 1.76. The van der Waals surface area contributed by atoms with Crippen LogP contribution in [-0.2, 0) is 4.79 Å². The van der Waals surface area contributed by atoms with E-state index in [1.54, 1.807) is 28.8 Å². The molecule has 0 saturated heterocycles. The number of likely N-dealkylation sites (N-methyl/N-ethyl adjacent to an activating group) is 1. The number of nitrogens with zero attached hydrogens (tertiary/aromatic N) is 2. The molecule has 15 heavy (non-hydrogen) atoms. The lowest BCUT2D eigenvalue weighted by atomic mass is 10.3. The second-order valence-electron chi connectivity index (χ2n) is 3.25. The highest BCUT2D eigenvalue weighted by molar-refractivity contribution is 7.16. The largest absolute Gasteiger partial charge is 0.480 e. The van der Waals surface area contributed by atoms with Crippen molar-refractivity contribution in [2.45, 2.75) is 0 Å². The number of thiazole rings is 1. The topological polar surface area (TPSA) is 53.4 Å². The number of fused-ring (bicyclic) bond motifs is 1. The maximum absolute atomic E-state index is 10.5. The first-order valence-electron chi connectivity index (χ1n) is 4.43. The minimum Gasteiger partial charge on any atom is -0.480 e. The van der Waals surface area contributed by atoms with Crippen LogP contribution in [-0.4, -0.2) is 29.7 Å². The summed E-state index contributed by atoms with van der Waals surface area (Å²) in [6, 6.07) is 5.74. The number of aromatic nitrogens is 1. The fraction of sp³-hybridized carbons (Fsp3) is 0.200. The number of hydrogen-bond acceptors (Lipinski definition) is 4. The molecule has 0 aliphatic heterocycles. The Morgan fingerprint density at radius 2 is 2.40 bits per heavy atom. The summed E-state index contributed by atoms with van der Waals surface area (Å²) in [6.45, 7) is 0.00428. The summed E-state index contributed by atoms with van der Waals surface area (Å²) >= 11 is 1.55. The van der Waals surface area contributed by atoms with Crippen molar-refractivity contribution in [3.8, 4) is 0 Å². The summed E-state index contributed by atoms with van der Waals surface area (Å²) < 4.78 is 1.07. The molecule has 0 spiro atoms. The van der Waals surface area contributed by atoms with Crippen LogP contribution in [0.3, 0.4) is 0 Å². The molecule has 4 nitrogen and oxygen atoms in total. The molecule has 0 bridgehead atoms. The molecule has 0 aliphatic rings. The smallest absolute Gasteiger partial charge is 0.323 e. The molecule has 5 heteroatoms. The number of anilines is 1. The minimum absolute atomic E-state index is 0.00428. The number of rotatable bonds is 3. The zero-order valence-corrected chi connectivity index (χ0v) is 8.99. The van der Waals surface area contributed by atoms with Gasteiger partial charge in [0, 0.05) is 12.7 Å². The van der Waals surface area contributed by atoms with Crippen molar-refractivity contribution in [1.29, 1.82) is 0 Å². The molecule has 2 aromatic rings. The van der Waals surface area contributed by atoms with Gasteiger partial charge in [0.1, 0.15) is 6.54 Å². The highest BCUT2D eigenvalue weighted by atomic mass is 32.1. The van der Waals surface area contributed by atoms with Gasteiger partial charge in [-0.15, -0.1) is 11.3 Å². The lowest BCUT2D eigenvalue weighted by Gasteiger charge is -2.16. The van der Waals surface area contributed by atoms with Gasteiger partial charge in [-0.25, -0.2) is 4.98 Å². The molecular formula is C10H10N2O2S. The van der Waals surface area contributed by atoms with E-state index in [1.807, 2.05) is 18.2 Å². The van der Waals surface area contributed by atoms with Crippen LogP contribution in [0.1, 0.15) is 0 Å². The van der Waals surface area contributed by atoms with Crippen LogP contribution in [0.5, 0.6) is 0 Å². The predicted molar refractivity (Wildman–Crippen MR) is 60.5 cm³/mol. The van der Waals surface area contributed by atoms with Crippen molar-refractivity contribution < 1.29 is 9.90 Å². The molecule has 1 aromatic carbocycles. The number of aliphatic carboxylic acids is 1. The number of carboxylic acids is 1. The van der Waals surface area contributed by atoms with Crippen LogP contribution in [0.4, 0.5) is 5.69 Å². The van der Waals surface area contributed by atoms with Gasteiger partial charge in [-0.05, 0) is 18.2 Å². The van der Waals surface area contributed by atoms with Crippen molar-refractivity contribution >= 4 is 33.2 Å². The first-order chi connectivity index (χ1) is 7.16. The van der Waals surface area contributed by atoms with Crippen LogP contribution in [0.15, 0.2) is 23.7 Å². The highest BCUT2D eigenvalue weighted by Crippen LogP contribution is 2.23. The van der Waals surface area contributed by atoms with Crippen LogP contribution in [0.2, 0.25) is 0 Å². The Morgan fingerprint density at radius 1 is 1.60 bits per heavy atom.